The Labute approximate surface area is 727 Å². The van der Waals surface area contributed by atoms with Gasteiger partial charge in [-0.15, -0.1) is 0 Å². The largest absolute Gasteiger partial charge is 0.416 e. The topological polar surface area (TPSA) is 87.2 Å². The fourth-order valence-corrected chi connectivity index (χ4v) is 16.9. The summed E-state index contributed by atoms with van der Waals surface area (Å²) in [4.78, 5) is 31.1. The van der Waals surface area contributed by atoms with Gasteiger partial charge < -0.3 is 9.13 Å². The van der Waals surface area contributed by atoms with E-state index in [1.54, 1.807) is 156 Å². The molecule has 0 atom stereocenters. The van der Waals surface area contributed by atoms with Gasteiger partial charge in [-0.1, -0.05) is 200 Å². The summed E-state index contributed by atoms with van der Waals surface area (Å²) in [6, 6.07) is 81.4. The zero-order valence-corrected chi connectivity index (χ0v) is 67.6. The fraction of sp³-hybridized carbons (Fsp3) is 0.0769. The van der Waals surface area contributed by atoms with E-state index in [9.17, 15) is 79.0 Å². The summed E-state index contributed by atoms with van der Waals surface area (Å²) in [5, 5.41) is 0.965. The summed E-state index contributed by atoms with van der Waals surface area (Å²) in [6.07, 6.45) is -30.8. The average Bonchev–Trinajstić information content (AvgIpc) is 1.56. The molecule has 0 unspecified atom stereocenters. The summed E-state index contributed by atoms with van der Waals surface area (Å²) >= 11 is 0. The Morgan fingerprint density at radius 2 is 0.415 bits per heavy atom. The molecule has 0 radical (unpaired) electrons. The predicted molar refractivity (Wildman–Crippen MR) is 467 cm³/mol. The molecule has 0 N–H and O–H groups in total. The molecule has 0 spiro atoms. The van der Waals surface area contributed by atoms with Crippen LogP contribution in [0.4, 0.5) is 79.0 Å². The Balaban J connectivity index is 0.928. The van der Waals surface area contributed by atoms with E-state index in [4.69, 9.17) is 29.9 Å². The second kappa shape index (κ2) is 31.9. The highest BCUT2D eigenvalue weighted by Gasteiger charge is 2.41. The van der Waals surface area contributed by atoms with Crippen LogP contribution in [0.1, 0.15) is 44.5 Å². The van der Waals surface area contributed by atoms with Crippen molar-refractivity contribution in [2.45, 2.75) is 50.9 Å². The molecule has 19 aromatic rings. The quantitative estimate of drug-likeness (QED) is 0.101. The van der Waals surface area contributed by atoms with E-state index in [2.05, 4.69) is 0 Å². The number of hydrogen-bond donors (Lipinski definition) is 0. The maximum absolute atomic E-state index is 14.9. The molecule has 26 heteroatoms. The number of benzene rings is 15. The van der Waals surface area contributed by atoms with Crippen molar-refractivity contribution in [3.05, 3.63) is 372 Å². The number of aryl methyl sites for hydroxylation is 2. The van der Waals surface area contributed by atoms with Crippen LogP contribution < -0.4 is 0 Å². The third-order valence-corrected chi connectivity index (χ3v) is 22.7. The Kier molecular flexibility index (Phi) is 20.7. The lowest BCUT2D eigenvalue weighted by atomic mass is 9.91. The maximum Gasteiger partial charge on any atom is 0.416 e. The van der Waals surface area contributed by atoms with Gasteiger partial charge in [-0.3, -0.25) is 0 Å². The Morgan fingerprint density at radius 3 is 0.677 bits per heavy atom. The highest BCUT2D eigenvalue weighted by molar-refractivity contribution is 6.14. The maximum atomic E-state index is 14.9. The molecule has 4 heterocycles. The number of halogens is 18. The lowest BCUT2D eigenvalue weighted by molar-refractivity contribution is -0.144. The highest BCUT2D eigenvalue weighted by Crippen LogP contribution is 2.51. The van der Waals surface area contributed by atoms with Gasteiger partial charge in [0.1, 0.15) is 0 Å². The second-order valence-electron chi connectivity index (χ2n) is 31.4. The molecule has 0 aliphatic carbocycles. The van der Waals surface area contributed by atoms with Gasteiger partial charge in [0.25, 0.3) is 0 Å². The molecule has 0 saturated heterocycles. The molecular weight excluding hydrogens is 1700 g/mol. The van der Waals surface area contributed by atoms with E-state index < -0.39 is 81.6 Å². The van der Waals surface area contributed by atoms with Crippen LogP contribution in [0.5, 0.6) is 0 Å². The first-order valence-electron chi connectivity index (χ1n) is 40.3. The molecule has 0 amide bonds. The van der Waals surface area contributed by atoms with Gasteiger partial charge in [0.15, 0.2) is 34.9 Å². The molecule has 15 aromatic carbocycles. The third kappa shape index (κ3) is 16.2. The monoisotopic (exact) mass is 1760 g/mol. The molecule has 19 rings (SSSR count). The van der Waals surface area contributed by atoms with Crippen LogP contribution in [0.2, 0.25) is 0 Å². The summed E-state index contributed by atoms with van der Waals surface area (Å²) in [6.45, 7) is 3.07. The smallest absolute Gasteiger partial charge is 0.309 e. The lowest BCUT2D eigenvalue weighted by Gasteiger charge is -2.21. The molecular formula is C104H60F18N8. The van der Waals surface area contributed by atoms with Crippen LogP contribution >= 0.6 is 0 Å². The average molecular weight is 1760 g/mol. The number of hydrogen-bond acceptors (Lipinski definition) is 6. The first kappa shape index (κ1) is 84.2. The summed E-state index contributed by atoms with van der Waals surface area (Å²) in [5.74, 6) is 1.05. The van der Waals surface area contributed by atoms with Crippen LogP contribution in [0.15, 0.2) is 328 Å². The zero-order chi connectivity index (χ0) is 90.8. The van der Waals surface area contributed by atoms with Gasteiger partial charge in [0, 0.05) is 66.1 Å². The third-order valence-electron chi connectivity index (χ3n) is 22.7. The van der Waals surface area contributed by atoms with Crippen molar-refractivity contribution in [3.8, 4) is 146 Å². The van der Waals surface area contributed by atoms with Crippen molar-refractivity contribution in [1.29, 1.82) is 0 Å². The first-order chi connectivity index (χ1) is 62.0. The summed E-state index contributed by atoms with van der Waals surface area (Å²) < 4.78 is 271. The molecule has 0 aliphatic rings. The molecule has 130 heavy (non-hydrogen) atoms. The highest BCUT2D eigenvalue weighted by atomic mass is 19.4. The van der Waals surface area contributed by atoms with Gasteiger partial charge in [0.05, 0.1) is 66.8 Å². The second-order valence-corrected chi connectivity index (χ2v) is 31.4. The summed E-state index contributed by atoms with van der Waals surface area (Å²) in [7, 11) is 0. The Bertz CT molecular complexity index is 7120. The lowest BCUT2D eigenvalue weighted by Crippen LogP contribution is -2.11. The van der Waals surface area contributed by atoms with Gasteiger partial charge >= 0.3 is 37.1 Å². The van der Waals surface area contributed by atoms with Gasteiger partial charge in [-0.05, 0) is 208 Å². The molecule has 0 fully saturated rings. The molecule has 0 saturated carbocycles. The van der Waals surface area contributed by atoms with Crippen LogP contribution in [0.25, 0.3) is 190 Å². The Morgan fingerprint density at radius 1 is 0.185 bits per heavy atom. The van der Waals surface area contributed by atoms with E-state index in [-0.39, 0.29) is 108 Å². The number of nitrogens with zero attached hydrogens (tertiary/aromatic N) is 8. The van der Waals surface area contributed by atoms with E-state index in [1.165, 1.54) is 50.2 Å². The van der Waals surface area contributed by atoms with Crippen LogP contribution in [0.3, 0.4) is 0 Å². The number of fused-ring (bicyclic) bond motifs is 6. The van der Waals surface area contributed by atoms with E-state index in [1.807, 2.05) is 83.4 Å². The number of aromatic nitrogens is 8. The molecule has 0 aliphatic heterocycles. The van der Waals surface area contributed by atoms with Crippen LogP contribution in [0, 0.1) is 13.8 Å². The van der Waals surface area contributed by atoms with Crippen LogP contribution in [-0.4, -0.2) is 39.0 Å². The summed E-state index contributed by atoms with van der Waals surface area (Å²) in [5.41, 5.74) is -2.19. The SMILES string of the molecule is Cc1cc(-c2ccc3c(c2)c2cc(-c4cc(C)cc(C(F)(F)F)c4)ccc2n3-c2cccc(-c3nc(-c4ccccc4)nc(-c4ccccc4)n3)c2-c2cccc(-c3c(-c4nc(-c5ccccc5)nc(-c5ccccc5)n4)cccc3-n3c4ccc(-c5cc(C(F)(F)F)cc(C(F)(F)F)c5)cc4c4cc(-c5cc(C(F)(F)F)cc(C(F)(F)F)c5)ccc43)c2)cc(C(F)(F)F)c1. The Hall–Kier alpha value is -15.3. The molecule has 4 aromatic heterocycles. The van der Waals surface area contributed by atoms with Crippen molar-refractivity contribution < 1.29 is 79.0 Å². The number of alkyl halides is 18. The fourth-order valence-electron chi connectivity index (χ4n) is 16.9. The minimum atomic E-state index is -5.32. The van der Waals surface area contributed by atoms with Crippen molar-refractivity contribution in [2.24, 2.45) is 0 Å². The van der Waals surface area contributed by atoms with E-state index in [0.717, 1.165) is 24.3 Å². The molecule has 8 nitrogen and oxygen atoms in total. The van der Waals surface area contributed by atoms with Gasteiger partial charge in [0.2, 0.25) is 0 Å². The van der Waals surface area contributed by atoms with Crippen molar-refractivity contribution >= 4 is 43.6 Å². The van der Waals surface area contributed by atoms with E-state index >= 15 is 0 Å². The van der Waals surface area contributed by atoms with E-state index in [0.29, 0.717) is 119 Å². The molecule has 642 valence electrons. The van der Waals surface area contributed by atoms with Crippen molar-refractivity contribution in [2.75, 3.05) is 0 Å². The first-order valence-corrected chi connectivity index (χ1v) is 40.3. The van der Waals surface area contributed by atoms with Gasteiger partial charge in [-0.2, -0.15) is 79.0 Å². The standard InChI is InChI=1S/C104H60F18N8/c1-57-40-69(45-73(42-57)99(105,106)107)63-32-36-85-81(51-63)82-52-64(70-41-58(2)43-74(46-70)100(108,109)110)33-37-86(82)129(85)89-30-16-28-79(97-125-93(59-18-7-3-8-19-59)123-94(126-97)60-20-9-4-10-21-60)91(89)67-26-15-27-68(44-67)92-80(98-127-95(61-22-11-5-12-23-61)124-96(128-98)62-24-13-6-14-25-62)29-17-31-90(92)130-87-38-34-65(71-47-75(101(111,112)113)55-76(48-71)102(114,115)116)53-83(87)84-54-66(35-39-88(84)130)72-49-77(103(117,118)119)56-78(50-72)104(120,121)122/h3-56H,1-2H3. The number of rotatable bonds is 14. The minimum Gasteiger partial charge on any atom is -0.309 e. The van der Waals surface area contributed by atoms with Crippen LogP contribution in [-0.2, 0) is 37.1 Å². The van der Waals surface area contributed by atoms with Gasteiger partial charge in [-0.25, -0.2) is 29.9 Å². The van der Waals surface area contributed by atoms with Crippen molar-refractivity contribution in [1.82, 2.24) is 39.0 Å². The molecule has 0 bridgehead atoms. The normalized spacial score (nSPS) is 12.5. The zero-order valence-electron chi connectivity index (χ0n) is 67.6. The predicted octanol–water partition coefficient (Wildman–Crippen LogP) is 31.0. The minimum absolute atomic E-state index is 0.0345. The van der Waals surface area contributed by atoms with Crippen molar-refractivity contribution in [3.63, 3.8) is 0 Å².